The van der Waals surface area contributed by atoms with E-state index in [1.165, 1.54) is 30.0 Å². The summed E-state index contributed by atoms with van der Waals surface area (Å²) >= 11 is 6.95. The molecule has 0 unspecified atom stereocenters. The van der Waals surface area contributed by atoms with Crippen LogP contribution in [0, 0.1) is 10.1 Å². The molecule has 1 amide bonds. The number of anilines is 1. The van der Waals surface area contributed by atoms with Crippen molar-refractivity contribution in [3.8, 4) is 0 Å². The van der Waals surface area contributed by atoms with Gasteiger partial charge in [-0.15, -0.1) is 0 Å². The van der Waals surface area contributed by atoms with E-state index in [2.05, 4.69) is 10.3 Å². The maximum Gasteiger partial charge on any atom is 0.294 e. The van der Waals surface area contributed by atoms with Gasteiger partial charge in [0.15, 0.2) is 5.16 Å². The minimum atomic E-state index is -0.590. The van der Waals surface area contributed by atoms with Crippen LogP contribution in [0.15, 0.2) is 35.7 Å². The second-order valence-electron chi connectivity index (χ2n) is 4.08. The Morgan fingerprint density at radius 3 is 2.95 bits per heavy atom. The van der Waals surface area contributed by atoms with Gasteiger partial charge in [0.05, 0.1) is 10.7 Å². The highest BCUT2D eigenvalue weighted by Crippen LogP contribution is 2.28. The first-order valence-corrected chi connectivity index (χ1v) is 7.17. The molecular formula is C12H11ClN4O3S. The predicted molar refractivity (Wildman–Crippen MR) is 80.7 cm³/mol. The second-order valence-corrected chi connectivity index (χ2v) is 5.46. The van der Waals surface area contributed by atoms with Crippen LogP contribution in [0.5, 0.6) is 0 Å². The highest BCUT2D eigenvalue weighted by molar-refractivity contribution is 7.99. The van der Waals surface area contributed by atoms with Crippen LogP contribution in [0.25, 0.3) is 0 Å². The molecule has 0 spiro atoms. The highest BCUT2D eigenvalue weighted by Gasteiger charge is 2.16. The van der Waals surface area contributed by atoms with E-state index in [0.717, 1.165) is 0 Å². The van der Waals surface area contributed by atoms with E-state index in [0.29, 0.717) is 5.16 Å². The van der Waals surface area contributed by atoms with E-state index in [1.54, 1.807) is 17.0 Å². The Hall–Kier alpha value is -2.06. The summed E-state index contributed by atoms with van der Waals surface area (Å²) in [6.07, 6.45) is 3.40. The number of aryl methyl sites for hydroxylation is 1. The Kier molecular flexibility index (Phi) is 4.81. The molecule has 7 nitrogen and oxygen atoms in total. The summed E-state index contributed by atoms with van der Waals surface area (Å²) in [7, 11) is 1.82. The lowest BCUT2D eigenvalue weighted by Gasteiger charge is -2.06. The molecule has 0 radical (unpaired) electrons. The predicted octanol–water partition coefficient (Wildman–Crippen LogP) is 2.71. The van der Waals surface area contributed by atoms with Crippen molar-refractivity contribution in [3.05, 3.63) is 45.7 Å². The minimum Gasteiger partial charge on any atom is -0.329 e. The molecule has 0 bridgehead atoms. The normalized spacial score (nSPS) is 10.4. The second kappa shape index (κ2) is 6.59. The smallest absolute Gasteiger partial charge is 0.294 e. The van der Waals surface area contributed by atoms with E-state index in [9.17, 15) is 14.9 Å². The van der Waals surface area contributed by atoms with Crippen LogP contribution < -0.4 is 5.32 Å². The van der Waals surface area contributed by atoms with Crippen LogP contribution in [0.3, 0.4) is 0 Å². The van der Waals surface area contributed by atoms with E-state index in [-0.39, 0.29) is 28.1 Å². The van der Waals surface area contributed by atoms with Crippen LogP contribution in [0.4, 0.5) is 11.4 Å². The summed E-state index contributed by atoms with van der Waals surface area (Å²) in [6.45, 7) is 0. The number of amides is 1. The van der Waals surface area contributed by atoms with Crippen molar-refractivity contribution in [2.75, 3.05) is 11.1 Å². The van der Waals surface area contributed by atoms with E-state index in [4.69, 9.17) is 11.6 Å². The maximum absolute atomic E-state index is 11.9. The third kappa shape index (κ3) is 3.96. The number of rotatable bonds is 5. The number of nitro benzene ring substituents is 1. The molecule has 110 valence electrons. The Morgan fingerprint density at radius 2 is 2.33 bits per heavy atom. The first-order chi connectivity index (χ1) is 9.97. The first kappa shape index (κ1) is 15.3. The van der Waals surface area contributed by atoms with Gasteiger partial charge in [-0.3, -0.25) is 14.9 Å². The summed E-state index contributed by atoms with van der Waals surface area (Å²) in [4.78, 5) is 26.3. The van der Waals surface area contributed by atoms with E-state index >= 15 is 0 Å². The van der Waals surface area contributed by atoms with Crippen molar-refractivity contribution >= 4 is 40.6 Å². The summed E-state index contributed by atoms with van der Waals surface area (Å²) < 4.78 is 1.78. The molecule has 1 aromatic carbocycles. The van der Waals surface area contributed by atoms with Gasteiger partial charge < -0.3 is 9.88 Å². The SMILES string of the molecule is Cn1ccnc1SCC(=O)Nc1ccc(Cl)cc1[N+](=O)[O-]. The van der Waals surface area contributed by atoms with Crippen LogP contribution in [-0.2, 0) is 11.8 Å². The van der Waals surface area contributed by atoms with Gasteiger partial charge in [0.2, 0.25) is 5.91 Å². The summed E-state index contributed by atoms with van der Waals surface area (Å²) in [6, 6.07) is 4.09. The number of halogens is 1. The third-order valence-electron chi connectivity index (χ3n) is 2.54. The number of nitro groups is 1. The number of carbonyl (C=O) groups is 1. The molecule has 0 atom stereocenters. The van der Waals surface area contributed by atoms with Crippen molar-refractivity contribution in [1.82, 2.24) is 9.55 Å². The Balaban J connectivity index is 2.03. The number of hydrogen-bond donors (Lipinski definition) is 1. The van der Waals surface area contributed by atoms with Crippen LogP contribution in [0.1, 0.15) is 0 Å². The highest BCUT2D eigenvalue weighted by atomic mass is 35.5. The fourth-order valence-corrected chi connectivity index (χ4v) is 2.47. The fourth-order valence-electron chi connectivity index (χ4n) is 1.57. The number of aromatic nitrogens is 2. The molecule has 9 heteroatoms. The topological polar surface area (TPSA) is 90.1 Å². The Labute approximate surface area is 129 Å². The molecule has 2 aromatic rings. The van der Waals surface area contributed by atoms with Crippen molar-refractivity contribution in [2.24, 2.45) is 7.05 Å². The molecule has 21 heavy (non-hydrogen) atoms. The van der Waals surface area contributed by atoms with Gasteiger partial charge >= 0.3 is 0 Å². The van der Waals surface area contributed by atoms with Gasteiger partial charge in [-0.2, -0.15) is 0 Å². The zero-order chi connectivity index (χ0) is 15.4. The van der Waals surface area contributed by atoms with Crippen molar-refractivity contribution in [1.29, 1.82) is 0 Å². The lowest BCUT2D eigenvalue weighted by Crippen LogP contribution is -2.15. The molecule has 1 heterocycles. The van der Waals surface area contributed by atoms with Gasteiger partial charge in [0.25, 0.3) is 5.69 Å². The molecule has 0 aliphatic carbocycles. The zero-order valence-corrected chi connectivity index (χ0v) is 12.5. The summed E-state index contributed by atoms with van der Waals surface area (Å²) in [5, 5.41) is 14.4. The van der Waals surface area contributed by atoms with Gasteiger partial charge in [-0.05, 0) is 12.1 Å². The standard InChI is InChI=1S/C12H11ClN4O3S/c1-16-5-4-14-12(16)21-7-11(18)15-9-3-2-8(13)6-10(9)17(19)20/h2-6H,7H2,1H3,(H,15,18). The molecule has 0 aliphatic rings. The van der Waals surface area contributed by atoms with Crippen LogP contribution in [0.2, 0.25) is 5.02 Å². The molecule has 2 rings (SSSR count). The van der Waals surface area contributed by atoms with Gasteiger partial charge in [0, 0.05) is 30.5 Å². The van der Waals surface area contributed by atoms with Crippen molar-refractivity contribution in [2.45, 2.75) is 5.16 Å². The van der Waals surface area contributed by atoms with Crippen LogP contribution in [-0.4, -0.2) is 26.1 Å². The lowest BCUT2D eigenvalue weighted by atomic mass is 10.2. The molecule has 1 aromatic heterocycles. The Bertz CT molecular complexity index is 689. The molecule has 0 saturated heterocycles. The fraction of sp³-hybridized carbons (Fsp3) is 0.167. The monoisotopic (exact) mass is 326 g/mol. The molecule has 0 fully saturated rings. The van der Waals surface area contributed by atoms with Gasteiger partial charge in [-0.25, -0.2) is 4.98 Å². The van der Waals surface area contributed by atoms with Gasteiger partial charge in [0.1, 0.15) is 5.69 Å². The maximum atomic E-state index is 11.9. The quantitative estimate of drug-likeness (QED) is 0.518. The zero-order valence-electron chi connectivity index (χ0n) is 10.9. The van der Waals surface area contributed by atoms with Crippen molar-refractivity contribution in [3.63, 3.8) is 0 Å². The molecule has 1 N–H and O–H groups in total. The average molecular weight is 327 g/mol. The van der Waals surface area contributed by atoms with Crippen molar-refractivity contribution < 1.29 is 9.72 Å². The number of carbonyl (C=O) groups excluding carboxylic acids is 1. The number of nitrogens with one attached hydrogen (secondary N) is 1. The minimum absolute atomic E-state index is 0.102. The molecular weight excluding hydrogens is 316 g/mol. The lowest BCUT2D eigenvalue weighted by molar-refractivity contribution is -0.383. The largest absolute Gasteiger partial charge is 0.329 e. The average Bonchev–Trinajstić information content (AvgIpc) is 2.84. The molecule has 0 saturated carbocycles. The number of thioether (sulfide) groups is 1. The number of nitrogens with zero attached hydrogens (tertiary/aromatic N) is 3. The number of imidazole rings is 1. The third-order valence-corrected chi connectivity index (χ3v) is 3.83. The summed E-state index contributed by atoms with van der Waals surface area (Å²) in [5.41, 5.74) is -0.118. The Morgan fingerprint density at radius 1 is 1.57 bits per heavy atom. The first-order valence-electron chi connectivity index (χ1n) is 5.81. The van der Waals surface area contributed by atoms with E-state index < -0.39 is 4.92 Å². The summed E-state index contributed by atoms with van der Waals surface area (Å²) in [5.74, 6) is -0.251. The number of benzene rings is 1. The van der Waals surface area contributed by atoms with Gasteiger partial charge in [-0.1, -0.05) is 23.4 Å². The van der Waals surface area contributed by atoms with Crippen LogP contribution >= 0.6 is 23.4 Å². The van der Waals surface area contributed by atoms with E-state index in [1.807, 2.05) is 7.05 Å². The molecule has 0 aliphatic heterocycles. The number of hydrogen-bond acceptors (Lipinski definition) is 5.